The van der Waals surface area contributed by atoms with Crippen LogP contribution in [0.3, 0.4) is 0 Å². The van der Waals surface area contributed by atoms with E-state index in [9.17, 15) is 23.3 Å². The summed E-state index contributed by atoms with van der Waals surface area (Å²) in [6.07, 6.45) is -0.124. The van der Waals surface area contributed by atoms with Gasteiger partial charge in [0.05, 0.1) is 9.82 Å². The molecule has 7 nitrogen and oxygen atoms in total. The Kier molecular flexibility index (Phi) is 3.59. The van der Waals surface area contributed by atoms with Crippen LogP contribution in [0.15, 0.2) is 23.1 Å². The van der Waals surface area contributed by atoms with Gasteiger partial charge in [0.1, 0.15) is 5.78 Å². The normalized spacial score (nSPS) is 11.2. The molecule has 0 aliphatic heterocycles. The number of primary sulfonamides is 1. The van der Waals surface area contributed by atoms with Gasteiger partial charge in [-0.3, -0.25) is 14.9 Å². The molecular formula is C9H10N2O5S. The molecule has 8 heteroatoms. The van der Waals surface area contributed by atoms with E-state index >= 15 is 0 Å². The van der Waals surface area contributed by atoms with Crippen molar-refractivity contribution in [2.24, 2.45) is 5.14 Å². The van der Waals surface area contributed by atoms with E-state index in [1.165, 1.54) is 13.0 Å². The van der Waals surface area contributed by atoms with Gasteiger partial charge >= 0.3 is 0 Å². The third kappa shape index (κ3) is 3.33. The fourth-order valence-electron chi connectivity index (χ4n) is 1.31. The van der Waals surface area contributed by atoms with Crippen LogP contribution in [0.1, 0.15) is 12.5 Å². The predicted molar refractivity (Wildman–Crippen MR) is 58.9 cm³/mol. The topological polar surface area (TPSA) is 120 Å². The number of hydrogen-bond donors (Lipinski definition) is 1. The Hall–Kier alpha value is -1.80. The zero-order valence-corrected chi connectivity index (χ0v) is 9.73. The van der Waals surface area contributed by atoms with E-state index in [2.05, 4.69) is 0 Å². The first-order chi connectivity index (χ1) is 7.71. The second-order valence-corrected chi connectivity index (χ2v) is 5.03. The van der Waals surface area contributed by atoms with Crippen molar-refractivity contribution < 1.29 is 18.1 Å². The van der Waals surface area contributed by atoms with E-state index in [0.29, 0.717) is 0 Å². The second-order valence-electron chi connectivity index (χ2n) is 3.47. The predicted octanol–water partition coefficient (Wildman–Crippen LogP) is 0.374. The van der Waals surface area contributed by atoms with Gasteiger partial charge < -0.3 is 0 Å². The monoisotopic (exact) mass is 258 g/mol. The summed E-state index contributed by atoms with van der Waals surface area (Å²) in [6, 6.07) is 3.22. The van der Waals surface area contributed by atoms with Crippen LogP contribution in [0.4, 0.5) is 5.69 Å². The molecule has 0 aromatic heterocycles. The number of carbonyl (C=O) groups excluding carboxylic acids is 1. The fourth-order valence-corrected chi connectivity index (χ4v) is 1.84. The molecule has 0 amide bonds. The second kappa shape index (κ2) is 4.60. The van der Waals surface area contributed by atoms with Crippen molar-refractivity contribution in [3.63, 3.8) is 0 Å². The summed E-state index contributed by atoms with van der Waals surface area (Å²) in [4.78, 5) is 20.6. The number of ketones is 1. The van der Waals surface area contributed by atoms with Crippen LogP contribution >= 0.6 is 0 Å². The lowest BCUT2D eigenvalue weighted by Crippen LogP contribution is -2.13. The minimum Gasteiger partial charge on any atom is -0.300 e. The highest BCUT2D eigenvalue weighted by Crippen LogP contribution is 2.23. The number of Topliss-reactive ketones (excluding diaryl/α,β-unsaturated/α-hetero) is 1. The average Bonchev–Trinajstić information content (AvgIpc) is 2.15. The van der Waals surface area contributed by atoms with E-state index in [0.717, 1.165) is 12.1 Å². The van der Waals surface area contributed by atoms with Gasteiger partial charge in [-0.25, -0.2) is 13.6 Å². The van der Waals surface area contributed by atoms with Crippen LogP contribution < -0.4 is 5.14 Å². The molecule has 0 unspecified atom stereocenters. The summed E-state index contributed by atoms with van der Waals surface area (Å²) in [7, 11) is -3.99. The summed E-state index contributed by atoms with van der Waals surface area (Å²) < 4.78 is 22.1. The molecule has 2 N–H and O–H groups in total. The quantitative estimate of drug-likeness (QED) is 0.618. The van der Waals surface area contributed by atoms with Crippen molar-refractivity contribution in [1.82, 2.24) is 0 Å². The molecule has 0 spiro atoms. The minimum atomic E-state index is -3.99. The van der Waals surface area contributed by atoms with Gasteiger partial charge in [0, 0.05) is 18.1 Å². The maximum Gasteiger partial charge on any atom is 0.274 e. The summed E-state index contributed by atoms with van der Waals surface area (Å²) in [5.41, 5.74) is -0.262. The summed E-state index contributed by atoms with van der Waals surface area (Å²) >= 11 is 0. The molecule has 0 fully saturated rings. The lowest BCUT2D eigenvalue weighted by Gasteiger charge is -2.03. The molecule has 1 aromatic carbocycles. The molecule has 1 aromatic rings. The third-order valence-corrected chi connectivity index (χ3v) is 2.93. The lowest BCUT2D eigenvalue weighted by molar-refractivity contribution is -0.385. The average molecular weight is 258 g/mol. The first kappa shape index (κ1) is 13.3. The number of nitrogens with zero attached hydrogens (tertiary/aromatic N) is 1. The number of nitro groups is 1. The Morgan fingerprint density at radius 3 is 2.47 bits per heavy atom. The highest BCUT2D eigenvalue weighted by Gasteiger charge is 2.19. The highest BCUT2D eigenvalue weighted by atomic mass is 32.2. The molecule has 0 heterocycles. The Balaban J connectivity index is 3.37. The number of nitrogens with two attached hydrogens (primary N) is 1. The molecule has 0 saturated heterocycles. The molecule has 92 valence electrons. The molecule has 0 bridgehead atoms. The van der Waals surface area contributed by atoms with Crippen molar-refractivity contribution in [2.75, 3.05) is 0 Å². The van der Waals surface area contributed by atoms with Crippen LogP contribution in [0.25, 0.3) is 0 Å². The Morgan fingerprint density at radius 1 is 1.47 bits per heavy atom. The summed E-state index contributed by atoms with van der Waals surface area (Å²) in [5.74, 6) is -0.253. The maximum atomic E-state index is 11.0. The van der Waals surface area contributed by atoms with Gasteiger partial charge in [0.25, 0.3) is 5.69 Å². The van der Waals surface area contributed by atoms with E-state index in [1.807, 2.05) is 0 Å². The third-order valence-electron chi connectivity index (χ3n) is 2.02. The smallest absolute Gasteiger partial charge is 0.274 e. The van der Waals surface area contributed by atoms with Crippen molar-refractivity contribution in [2.45, 2.75) is 18.2 Å². The van der Waals surface area contributed by atoms with E-state index in [4.69, 9.17) is 5.14 Å². The first-order valence-corrected chi connectivity index (χ1v) is 6.06. The fraction of sp³-hybridized carbons (Fsp3) is 0.222. The zero-order chi connectivity index (χ0) is 13.2. The number of benzene rings is 1. The summed E-state index contributed by atoms with van der Waals surface area (Å²) in [5, 5.41) is 15.6. The van der Waals surface area contributed by atoms with Gasteiger partial charge in [-0.15, -0.1) is 0 Å². The largest absolute Gasteiger partial charge is 0.300 e. The van der Waals surface area contributed by atoms with Gasteiger partial charge in [-0.05, 0) is 13.0 Å². The zero-order valence-electron chi connectivity index (χ0n) is 8.91. The van der Waals surface area contributed by atoms with Gasteiger partial charge in [0.15, 0.2) is 0 Å². The SMILES string of the molecule is CC(=O)Cc1ccc(S(N)(=O)=O)cc1[N+](=O)[O-]. The van der Waals surface area contributed by atoms with Gasteiger partial charge in [-0.1, -0.05) is 6.07 Å². The number of hydrogen-bond acceptors (Lipinski definition) is 5. The van der Waals surface area contributed by atoms with Crippen molar-refractivity contribution >= 4 is 21.5 Å². The van der Waals surface area contributed by atoms with Gasteiger partial charge in [0.2, 0.25) is 10.0 Å². The van der Waals surface area contributed by atoms with Crippen LogP contribution in [0.2, 0.25) is 0 Å². The molecule has 1 rings (SSSR count). The van der Waals surface area contributed by atoms with E-state index in [-0.39, 0.29) is 22.7 Å². The van der Waals surface area contributed by atoms with Crippen molar-refractivity contribution in [3.8, 4) is 0 Å². The van der Waals surface area contributed by atoms with Crippen LogP contribution in [-0.2, 0) is 21.2 Å². The number of sulfonamides is 1. The minimum absolute atomic E-state index is 0.124. The Bertz CT molecular complexity index is 579. The molecule has 0 aliphatic carbocycles. The van der Waals surface area contributed by atoms with Crippen molar-refractivity contribution in [1.29, 1.82) is 0 Å². The maximum absolute atomic E-state index is 11.0. The number of carbonyl (C=O) groups is 1. The lowest BCUT2D eigenvalue weighted by atomic mass is 10.1. The number of nitro benzene ring substituents is 1. The molecule has 0 radical (unpaired) electrons. The van der Waals surface area contributed by atoms with Crippen LogP contribution in [0.5, 0.6) is 0 Å². The summed E-state index contributed by atoms with van der Waals surface area (Å²) in [6.45, 7) is 1.29. The number of rotatable bonds is 4. The standard InChI is InChI=1S/C9H10N2O5S/c1-6(12)4-7-2-3-8(17(10,15)16)5-9(7)11(13)14/h2-3,5H,4H2,1H3,(H2,10,15,16). The van der Waals surface area contributed by atoms with Crippen molar-refractivity contribution in [3.05, 3.63) is 33.9 Å². The van der Waals surface area contributed by atoms with Crippen LogP contribution in [0, 0.1) is 10.1 Å². The van der Waals surface area contributed by atoms with Gasteiger partial charge in [-0.2, -0.15) is 0 Å². The van der Waals surface area contributed by atoms with E-state index in [1.54, 1.807) is 0 Å². The molecule has 0 atom stereocenters. The molecule has 0 aliphatic rings. The van der Waals surface area contributed by atoms with Crippen LogP contribution in [-0.4, -0.2) is 19.1 Å². The molecule has 0 saturated carbocycles. The Morgan fingerprint density at radius 2 is 2.06 bits per heavy atom. The highest BCUT2D eigenvalue weighted by molar-refractivity contribution is 7.89. The molecule has 17 heavy (non-hydrogen) atoms. The first-order valence-electron chi connectivity index (χ1n) is 4.51. The molecular weight excluding hydrogens is 248 g/mol. The van der Waals surface area contributed by atoms with E-state index < -0.39 is 20.6 Å². The Labute approximate surface area is 97.4 Å².